The molecule has 0 saturated heterocycles. The number of hydrogen-bond acceptors (Lipinski definition) is 2. The Morgan fingerprint density at radius 2 is 1.07 bits per heavy atom. The fourth-order valence-electron chi connectivity index (χ4n) is 3.28. The van der Waals surface area contributed by atoms with Crippen LogP contribution in [0.3, 0.4) is 0 Å². The third kappa shape index (κ3) is 4.28. The van der Waals surface area contributed by atoms with Crippen molar-refractivity contribution in [3.8, 4) is 22.3 Å². The quantitative estimate of drug-likeness (QED) is 0.221. The molecule has 30 heavy (non-hydrogen) atoms. The molecule has 0 spiro atoms. The Morgan fingerprint density at radius 3 is 1.67 bits per heavy atom. The van der Waals surface area contributed by atoms with Crippen molar-refractivity contribution in [2.45, 2.75) is 0 Å². The molecule has 0 bridgehead atoms. The molecule has 146 valence electrons. The molecule has 4 aromatic rings. The van der Waals surface area contributed by atoms with Gasteiger partial charge in [-0.1, -0.05) is 103 Å². The van der Waals surface area contributed by atoms with Gasteiger partial charge in [0, 0.05) is 11.1 Å². The van der Waals surface area contributed by atoms with Crippen LogP contribution in [0.15, 0.2) is 119 Å². The van der Waals surface area contributed by atoms with E-state index in [1.54, 1.807) is 0 Å². The van der Waals surface area contributed by atoms with Gasteiger partial charge in [0.1, 0.15) is 5.84 Å². The molecule has 0 atom stereocenters. The summed E-state index contributed by atoms with van der Waals surface area (Å²) < 4.78 is 0. The van der Waals surface area contributed by atoms with E-state index >= 15 is 0 Å². The minimum absolute atomic E-state index is 0.365. The second-order valence-electron chi connectivity index (χ2n) is 6.84. The molecule has 0 aliphatic rings. The third-order valence-electron chi connectivity index (χ3n) is 4.86. The lowest BCUT2D eigenvalue weighted by molar-refractivity contribution is 1.22. The molecule has 4 rings (SSSR count). The minimum atomic E-state index is 0.365. The first-order valence-corrected chi connectivity index (χ1v) is 9.68. The summed E-state index contributed by atoms with van der Waals surface area (Å²) in [6, 6.07) is 36.2. The summed E-state index contributed by atoms with van der Waals surface area (Å²) in [5.41, 5.74) is 12.3. The molecule has 0 radical (unpaired) electrons. The van der Waals surface area contributed by atoms with E-state index in [1.807, 2.05) is 84.9 Å². The second kappa shape index (κ2) is 8.88. The van der Waals surface area contributed by atoms with E-state index in [9.17, 15) is 0 Å². The van der Waals surface area contributed by atoms with Gasteiger partial charge in [0.25, 0.3) is 0 Å². The molecular weight excluding hydrogens is 368 g/mol. The summed E-state index contributed by atoms with van der Waals surface area (Å²) in [5, 5.41) is 3.87. The number of nitrogens with two attached hydrogens (primary N) is 2. The number of hydrazone groups is 1. The summed E-state index contributed by atoms with van der Waals surface area (Å²) in [6.07, 6.45) is 0. The van der Waals surface area contributed by atoms with Gasteiger partial charge in [-0.05, 0) is 28.3 Å². The van der Waals surface area contributed by atoms with Crippen LogP contribution in [0.4, 0.5) is 0 Å². The molecule has 0 heterocycles. The van der Waals surface area contributed by atoms with Crippen LogP contribution in [-0.4, -0.2) is 11.7 Å². The van der Waals surface area contributed by atoms with Crippen LogP contribution in [0.25, 0.3) is 22.3 Å². The predicted molar refractivity (Wildman–Crippen MR) is 125 cm³/mol. The lowest BCUT2D eigenvalue weighted by atomic mass is 10.0. The molecule has 0 fully saturated rings. The van der Waals surface area contributed by atoms with Crippen LogP contribution >= 0.6 is 0 Å². The van der Waals surface area contributed by atoms with Gasteiger partial charge in [-0.2, -0.15) is 5.10 Å². The van der Waals surface area contributed by atoms with Crippen molar-refractivity contribution in [2.24, 2.45) is 21.7 Å². The summed E-state index contributed by atoms with van der Waals surface area (Å²) in [5.74, 6) is 6.40. The van der Waals surface area contributed by atoms with E-state index in [0.29, 0.717) is 11.7 Å². The van der Waals surface area contributed by atoms with Crippen LogP contribution in [0.5, 0.6) is 0 Å². The second-order valence-corrected chi connectivity index (χ2v) is 6.84. The number of aliphatic imine (C=N–C) groups is 1. The average molecular weight is 390 g/mol. The highest BCUT2D eigenvalue weighted by atomic mass is 15.2. The van der Waals surface area contributed by atoms with Crippen molar-refractivity contribution >= 4 is 11.7 Å². The van der Waals surface area contributed by atoms with E-state index < -0.39 is 0 Å². The van der Waals surface area contributed by atoms with Gasteiger partial charge in [-0.25, -0.2) is 4.99 Å². The molecule has 0 saturated carbocycles. The lowest BCUT2D eigenvalue weighted by Crippen LogP contribution is -2.17. The van der Waals surface area contributed by atoms with Crippen LogP contribution in [0.1, 0.15) is 11.1 Å². The normalized spacial score (nSPS) is 12.0. The SMILES string of the molecule is NN=C(N=C(N)c1ccc(-c2ccccc2)cc1)c1cccc(-c2ccccc2)c1. The summed E-state index contributed by atoms with van der Waals surface area (Å²) in [7, 11) is 0. The first kappa shape index (κ1) is 19.2. The molecule has 4 nitrogen and oxygen atoms in total. The topological polar surface area (TPSA) is 76.8 Å². The fraction of sp³-hybridized carbons (Fsp3) is 0. The van der Waals surface area contributed by atoms with Crippen molar-refractivity contribution in [1.82, 2.24) is 0 Å². The Morgan fingerprint density at radius 1 is 0.533 bits per heavy atom. The largest absolute Gasteiger partial charge is 0.383 e. The summed E-state index contributed by atoms with van der Waals surface area (Å²) in [4.78, 5) is 4.49. The Hall–Kier alpha value is -4.18. The zero-order chi connectivity index (χ0) is 20.8. The van der Waals surface area contributed by atoms with E-state index in [1.165, 1.54) is 0 Å². The molecule has 0 amide bonds. The van der Waals surface area contributed by atoms with Gasteiger partial charge >= 0.3 is 0 Å². The first-order chi connectivity index (χ1) is 14.7. The van der Waals surface area contributed by atoms with E-state index in [2.05, 4.69) is 34.4 Å². The molecule has 0 unspecified atom stereocenters. The van der Waals surface area contributed by atoms with Gasteiger partial charge in [0.2, 0.25) is 0 Å². The van der Waals surface area contributed by atoms with Crippen molar-refractivity contribution in [3.63, 3.8) is 0 Å². The van der Waals surface area contributed by atoms with Crippen molar-refractivity contribution in [3.05, 3.63) is 120 Å². The third-order valence-corrected chi connectivity index (χ3v) is 4.86. The maximum atomic E-state index is 6.26. The molecule has 0 aliphatic heterocycles. The average Bonchev–Trinajstić information content (AvgIpc) is 2.83. The van der Waals surface area contributed by atoms with Crippen LogP contribution in [0, 0.1) is 0 Å². The Bertz CT molecular complexity index is 1180. The van der Waals surface area contributed by atoms with E-state index in [0.717, 1.165) is 33.4 Å². The smallest absolute Gasteiger partial charge is 0.180 e. The summed E-state index contributed by atoms with van der Waals surface area (Å²) in [6.45, 7) is 0. The molecule has 0 aliphatic carbocycles. The van der Waals surface area contributed by atoms with Crippen molar-refractivity contribution in [2.75, 3.05) is 0 Å². The number of rotatable bonds is 4. The highest BCUT2D eigenvalue weighted by Crippen LogP contribution is 2.21. The molecule has 0 aromatic heterocycles. The maximum absolute atomic E-state index is 6.26. The first-order valence-electron chi connectivity index (χ1n) is 9.68. The number of amidine groups is 2. The van der Waals surface area contributed by atoms with Crippen molar-refractivity contribution in [1.29, 1.82) is 0 Å². The van der Waals surface area contributed by atoms with Crippen LogP contribution in [0.2, 0.25) is 0 Å². The number of hydrogen-bond donors (Lipinski definition) is 2. The standard InChI is InChI=1S/C26H22N4/c27-25(22-16-14-21(15-17-22)19-8-3-1-4-9-19)29-26(30-28)24-13-7-12-23(18-24)20-10-5-2-6-11-20/h1-18H,28H2,(H2,27,29,30). The van der Waals surface area contributed by atoms with E-state index in [4.69, 9.17) is 11.6 Å². The fourth-order valence-corrected chi connectivity index (χ4v) is 3.28. The Kier molecular flexibility index (Phi) is 5.67. The van der Waals surface area contributed by atoms with Crippen LogP contribution < -0.4 is 11.6 Å². The van der Waals surface area contributed by atoms with Crippen molar-refractivity contribution < 1.29 is 0 Å². The predicted octanol–water partition coefficient (Wildman–Crippen LogP) is 5.05. The summed E-state index contributed by atoms with van der Waals surface area (Å²) >= 11 is 0. The number of nitrogens with zero attached hydrogens (tertiary/aromatic N) is 2. The molecule has 4 N–H and O–H groups in total. The van der Waals surface area contributed by atoms with Gasteiger partial charge in [0.05, 0.1) is 0 Å². The van der Waals surface area contributed by atoms with Gasteiger partial charge in [0.15, 0.2) is 5.84 Å². The molecule has 4 heteroatoms. The zero-order valence-corrected chi connectivity index (χ0v) is 16.4. The lowest BCUT2D eigenvalue weighted by Gasteiger charge is -2.07. The maximum Gasteiger partial charge on any atom is 0.180 e. The number of benzene rings is 4. The zero-order valence-electron chi connectivity index (χ0n) is 16.4. The van der Waals surface area contributed by atoms with E-state index in [-0.39, 0.29) is 0 Å². The highest BCUT2D eigenvalue weighted by Gasteiger charge is 2.07. The minimum Gasteiger partial charge on any atom is -0.383 e. The Balaban J connectivity index is 1.60. The highest BCUT2D eigenvalue weighted by molar-refractivity contribution is 6.11. The van der Waals surface area contributed by atoms with Crippen LogP contribution in [-0.2, 0) is 0 Å². The van der Waals surface area contributed by atoms with Gasteiger partial charge in [-0.3, -0.25) is 0 Å². The van der Waals surface area contributed by atoms with Gasteiger partial charge in [-0.15, -0.1) is 0 Å². The molecular formula is C26H22N4. The Labute approximate surface area is 176 Å². The van der Waals surface area contributed by atoms with Gasteiger partial charge < -0.3 is 11.6 Å². The molecule has 4 aromatic carbocycles. The monoisotopic (exact) mass is 390 g/mol.